The fraction of sp³-hybridized carbons (Fsp3) is 0.708. The normalized spacial score (nSPS) is 20.2. The molecular formula is C24H39N5O6S. The van der Waals surface area contributed by atoms with Crippen molar-refractivity contribution in [2.45, 2.75) is 83.2 Å². The summed E-state index contributed by atoms with van der Waals surface area (Å²) in [6.45, 7) is 9.80. The first-order valence-corrected chi connectivity index (χ1v) is 13.8. The number of hydrogen-bond donors (Lipinski definition) is 1. The van der Waals surface area contributed by atoms with E-state index in [1.165, 1.54) is 0 Å². The zero-order valence-electron chi connectivity index (χ0n) is 22.2. The van der Waals surface area contributed by atoms with E-state index in [0.717, 1.165) is 18.4 Å². The van der Waals surface area contributed by atoms with Crippen molar-refractivity contribution in [3.8, 4) is 0 Å². The first-order valence-electron chi connectivity index (χ1n) is 12.2. The predicted molar refractivity (Wildman–Crippen MR) is 135 cm³/mol. The second-order valence-electron chi connectivity index (χ2n) is 9.55. The van der Waals surface area contributed by atoms with Crippen molar-refractivity contribution in [3.05, 3.63) is 35.4 Å². The maximum Gasteiger partial charge on any atom is 0.240 e. The number of rotatable bonds is 13. The highest BCUT2D eigenvalue weighted by atomic mass is 32.2. The van der Waals surface area contributed by atoms with E-state index in [0.29, 0.717) is 11.5 Å². The minimum absolute atomic E-state index is 0.0827. The number of anilines is 1. The van der Waals surface area contributed by atoms with Gasteiger partial charge in [0.2, 0.25) is 16.0 Å². The monoisotopic (exact) mass is 525 g/mol. The van der Waals surface area contributed by atoms with Crippen LogP contribution in [0.25, 0.3) is 0 Å². The van der Waals surface area contributed by atoms with Gasteiger partial charge in [-0.05, 0) is 59.1 Å². The van der Waals surface area contributed by atoms with E-state index in [-0.39, 0.29) is 43.5 Å². The molecule has 0 spiro atoms. The SMILES string of the molecule is COCC(COC)n1c(NS(=O)(=O)C(C)C(OC(C)C)c2ccc(C)cn2)nnc1[C@H]1CC[C@@H](C)O1. The zero-order chi connectivity index (χ0) is 26.5. The Hall–Kier alpha value is -2.12. The molecule has 4 atom stereocenters. The summed E-state index contributed by atoms with van der Waals surface area (Å²) in [4.78, 5) is 4.43. The summed E-state index contributed by atoms with van der Waals surface area (Å²) < 4.78 is 54.5. The Labute approximate surface area is 213 Å². The minimum atomic E-state index is -3.98. The summed E-state index contributed by atoms with van der Waals surface area (Å²) in [5.41, 5.74) is 1.52. The standard InChI is InChI=1S/C24H39N5O6S/c1-15(2)34-22(20-10-8-16(3)12-25-20)18(5)36(30,31)28-24-27-26-23(21-11-9-17(4)35-21)29(24)19(13-32-6)14-33-7/h8,10,12,15,17-19,21-22H,9,11,13-14H2,1-7H3,(H,27,28)/t17-,18?,21-,22?/m1/s1. The van der Waals surface area contributed by atoms with E-state index in [4.69, 9.17) is 18.9 Å². The molecule has 2 unspecified atom stereocenters. The molecule has 0 saturated carbocycles. The Kier molecular flexibility index (Phi) is 9.81. The number of nitrogens with one attached hydrogen (secondary N) is 1. The molecule has 0 aromatic carbocycles. The third kappa shape index (κ3) is 6.80. The summed E-state index contributed by atoms with van der Waals surface area (Å²) in [5, 5.41) is 7.57. The van der Waals surface area contributed by atoms with Crippen molar-refractivity contribution >= 4 is 16.0 Å². The maximum absolute atomic E-state index is 13.6. The highest BCUT2D eigenvalue weighted by Crippen LogP contribution is 2.35. The van der Waals surface area contributed by atoms with Crippen LogP contribution in [-0.2, 0) is 29.0 Å². The van der Waals surface area contributed by atoms with Crippen LogP contribution in [0.15, 0.2) is 18.3 Å². The molecular weight excluding hydrogens is 486 g/mol. The fourth-order valence-corrected chi connectivity index (χ4v) is 5.38. The molecule has 1 N–H and O–H groups in total. The van der Waals surface area contributed by atoms with Gasteiger partial charge in [0.1, 0.15) is 17.5 Å². The molecule has 0 amide bonds. The van der Waals surface area contributed by atoms with Gasteiger partial charge in [-0.2, -0.15) is 0 Å². The minimum Gasteiger partial charge on any atom is -0.382 e. The van der Waals surface area contributed by atoms with Gasteiger partial charge in [-0.15, -0.1) is 10.2 Å². The van der Waals surface area contributed by atoms with Gasteiger partial charge >= 0.3 is 0 Å². The molecule has 3 rings (SSSR count). The number of hydrogen-bond acceptors (Lipinski definition) is 9. The van der Waals surface area contributed by atoms with Crippen LogP contribution in [0.1, 0.15) is 75.9 Å². The lowest BCUT2D eigenvalue weighted by atomic mass is 10.1. The third-order valence-electron chi connectivity index (χ3n) is 6.12. The summed E-state index contributed by atoms with van der Waals surface area (Å²) in [6, 6.07) is 3.32. The van der Waals surface area contributed by atoms with Crippen molar-refractivity contribution < 1.29 is 27.4 Å². The van der Waals surface area contributed by atoms with Crippen molar-refractivity contribution in [1.82, 2.24) is 19.7 Å². The van der Waals surface area contributed by atoms with E-state index < -0.39 is 21.4 Å². The molecule has 2 aromatic rings. The fourth-order valence-electron chi connectivity index (χ4n) is 4.27. The molecule has 202 valence electrons. The molecule has 1 saturated heterocycles. The average Bonchev–Trinajstić information content (AvgIpc) is 3.43. The number of aromatic nitrogens is 4. The molecule has 1 fully saturated rings. The van der Waals surface area contributed by atoms with Crippen LogP contribution in [0, 0.1) is 6.92 Å². The number of sulfonamides is 1. The highest BCUT2D eigenvalue weighted by molar-refractivity contribution is 7.93. The summed E-state index contributed by atoms with van der Waals surface area (Å²) >= 11 is 0. The second kappa shape index (κ2) is 12.4. The van der Waals surface area contributed by atoms with Crippen LogP contribution < -0.4 is 4.72 Å². The molecule has 2 aromatic heterocycles. The molecule has 1 aliphatic heterocycles. The van der Waals surface area contributed by atoms with Gasteiger partial charge in [0.25, 0.3) is 0 Å². The van der Waals surface area contributed by atoms with Gasteiger partial charge in [-0.1, -0.05) is 6.07 Å². The second-order valence-corrected chi connectivity index (χ2v) is 11.6. The van der Waals surface area contributed by atoms with Crippen molar-refractivity contribution in [2.24, 2.45) is 0 Å². The number of aryl methyl sites for hydroxylation is 1. The van der Waals surface area contributed by atoms with E-state index in [2.05, 4.69) is 19.9 Å². The first-order chi connectivity index (χ1) is 17.1. The van der Waals surface area contributed by atoms with Crippen molar-refractivity contribution in [2.75, 3.05) is 32.2 Å². The highest BCUT2D eigenvalue weighted by Gasteiger charge is 2.37. The lowest BCUT2D eigenvalue weighted by molar-refractivity contribution is 0.00415. The topological polar surface area (TPSA) is 127 Å². The van der Waals surface area contributed by atoms with Crippen molar-refractivity contribution in [1.29, 1.82) is 0 Å². The Morgan fingerprint density at radius 3 is 2.36 bits per heavy atom. The molecule has 0 bridgehead atoms. The average molecular weight is 526 g/mol. The lowest BCUT2D eigenvalue weighted by Crippen LogP contribution is -2.35. The largest absolute Gasteiger partial charge is 0.382 e. The van der Waals surface area contributed by atoms with Crippen LogP contribution in [0.5, 0.6) is 0 Å². The van der Waals surface area contributed by atoms with Crippen LogP contribution in [0.2, 0.25) is 0 Å². The van der Waals surface area contributed by atoms with E-state index in [9.17, 15) is 8.42 Å². The number of nitrogens with zero attached hydrogens (tertiary/aromatic N) is 4. The molecule has 3 heterocycles. The Balaban J connectivity index is 1.97. The maximum atomic E-state index is 13.6. The third-order valence-corrected chi connectivity index (χ3v) is 7.81. The van der Waals surface area contributed by atoms with Gasteiger partial charge in [-0.25, -0.2) is 8.42 Å². The summed E-state index contributed by atoms with van der Waals surface area (Å²) in [7, 11) is -0.827. The van der Waals surface area contributed by atoms with E-state index in [1.807, 2.05) is 33.8 Å². The first kappa shape index (κ1) is 28.5. The van der Waals surface area contributed by atoms with Crippen molar-refractivity contribution in [3.63, 3.8) is 0 Å². The van der Waals surface area contributed by atoms with E-state index >= 15 is 0 Å². The molecule has 36 heavy (non-hydrogen) atoms. The smallest absolute Gasteiger partial charge is 0.240 e. The molecule has 12 heteroatoms. The van der Waals surface area contributed by atoms with Crippen LogP contribution in [-0.4, -0.2) is 73.1 Å². The molecule has 0 aliphatic carbocycles. The Morgan fingerprint density at radius 2 is 1.83 bits per heavy atom. The molecule has 1 aliphatic rings. The Bertz CT molecular complexity index is 1070. The van der Waals surface area contributed by atoms with Crippen LogP contribution in [0.4, 0.5) is 5.95 Å². The van der Waals surface area contributed by atoms with Crippen LogP contribution >= 0.6 is 0 Å². The van der Waals surface area contributed by atoms with Crippen LogP contribution in [0.3, 0.4) is 0 Å². The number of pyridine rings is 1. The molecule has 0 radical (unpaired) electrons. The molecule has 11 nitrogen and oxygen atoms in total. The van der Waals surface area contributed by atoms with Gasteiger partial charge in [0, 0.05) is 20.4 Å². The predicted octanol–water partition coefficient (Wildman–Crippen LogP) is 3.35. The van der Waals surface area contributed by atoms with Gasteiger partial charge in [0.15, 0.2) is 5.82 Å². The number of ether oxygens (including phenoxy) is 4. The lowest BCUT2D eigenvalue weighted by Gasteiger charge is -2.27. The van der Waals surface area contributed by atoms with Gasteiger partial charge in [-0.3, -0.25) is 14.3 Å². The van der Waals surface area contributed by atoms with E-state index in [1.54, 1.807) is 38.0 Å². The van der Waals surface area contributed by atoms with Gasteiger partial charge < -0.3 is 18.9 Å². The summed E-state index contributed by atoms with van der Waals surface area (Å²) in [6.07, 6.45) is 2.13. The number of methoxy groups -OCH3 is 2. The zero-order valence-corrected chi connectivity index (χ0v) is 23.0. The Morgan fingerprint density at radius 1 is 1.14 bits per heavy atom. The van der Waals surface area contributed by atoms with Gasteiger partial charge in [0.05, 0.1) is 37.2 Å². The quantitative estimate of drug-likeness (QED) is 0.419. The summed E-state index contributed by atoms with van der Waals surface area (Å²) in [5.74, 6) is 0.623.